The summed E-state index contributed by atoms with van der Waals surface area (Å²) in [6.45, 7) is -0.0968. The first-order valence-corrected chi connectivity index (χ1v) is 8.81. The van der Waals surface area contributed by atoms with Crippen LogP contribution in [0.2, 0.25) is 0 Å². The Morgan fingerprint density at radius 3 is 2.14 bits per heavy atom. The van der Waals surface area contributed by atoms with Gasteiger partial charge in [-0.25, -0.2) is 0 Å². The lowest BCUT2D eigenvalue weighted by Gasteiger charge is -2.09. The number of amides is 2. The highest BCUT2D eigenvalue weighted by Crippen LogP contribution is 2.16. The minimum Gasteiger partial charge on any atom is -0.484 e. The van der Waals surface area contributed by atoms with E-state index in [-0.39, 0.29) is 18.4 Å². The van der Waals surface area contributed by atoms with E-state index in [0.717, 1.165) is 5.56 Å². The van der Waals surface area contributed by atoms with Crippen molar-refractivity contribution in [3.8, 4) is 5.75 Å². The Morgan fingerprint density at radius 1 is 0.786 bits per heavy atom. The molecule has 0 bridgehead atoms. The van der Waals surface area contributed by atoms with Crippen LogP contribution >= 0.6 is 0 Å². The molecule has 5 nitrogen and oxygen atoms in total. The summed E-state index contributed by atoms with van der Waals surface area (Å²) in [7, 11) is 0. The first-order chi connectivity index (χ1) is 13.7. The maximum atomic E-state index is 12.1. The van der Waals surface area contributed by atoms with Crippen molar-refractivity contribution in [2.45, 2.75) is 0 Å². The number of carbonyl (C=O) groups is 2. The van der Waals surface area contributed by atoms with E-state index >= 15 is 0 Å². The monoisotopic (exact) mass is 372 g/mol. The molecule has 2 N–H and O–H groups in total. The lowest BCUT2D eigenvalue weighted by atomic mass is 10.2. The van der Waals surface area contributed by atoms with Crippen LogP contribution in [0.1, 0.15) is 5.56 Å². The van der Waals surface area contributed by atoms with E-state index in [1.54, 1.807) is 42.5 Å². The number of rotatable bonds is 7. The number of ether oxygens (including phenoxy) is 1. The summed E-state index contributed by atoms with van der Waals surface area (Å²) in [5, 5.41) is 5.53. The summed E-state index contributed by atoms with van der Waals surface area (Å²) in [4.78, 5) is 24.1. The lowest BCUT2D eigenvalue weighted by molar-refractivity contribution is -0.118. The Balaban J connectivity index is 1.52. The van der Waals surface area contributed by atoms with E-state index in [2.05, 4.69) is 10.6 Å². The molecule has 0 aromatic heterocycles. The van der Waals surface area contributed by atoms with Gasteiger partial charge in [0.15, 0.2) is 6.61 Å². The number of anilines is 2. The van der Waals surface area contributed by atoms with Gasteiger partial charge in [-0.1, -0.05) is 54.6 Å². The van der Waals surface area contributed by atoms with E-state index in [0.29, 0.717) is 17.1 Å². The van der Waals surface area contributed by atoms with Crippen LogP contribution in [-0.2, 0) is 9.59 Å². The van der Waals surface area contributed by atoms with Crippen molar-refractivity contribution in [2.24, 2.45) is 0 Å². The van der Waals surface area contributed by atoms with E-state index in [9.17, 15) is 9.59 Å². The van der Waals surface area contributed by atoms with Crippen molar-refractivity contribution in [2.75, 3.05) is 17.2 Å². The number of hydrogen-bond donors (Lipinski definition) is 2. The standard InChI is InChI=1S/C23H20N2O3/c26-22(15-14-18-8-3-1-4-9-18)24-19-10-7-11-20(16-19)25-23(27)17-28-21-12-5-2-6-13-21/h1-16H,17H2,(H,24,26)(H,25,27)/b15-14+. The smallest absolute Gasteiger partial charge is 0.262 e. The molecule has 0 fully saturated rings. The van der Waals surface area contributed by atoms with Gasteiger partial charge in [0.05, 0.1) is 0 Å². The minimum absolute atomic E-state index is 0.0968. The fraction of sp³-hybridized carbons (Fsp3) is 0.0435. The lowest BCUT2D eigenvalue weighted by Crippen LogP contribution is -2.20. The molecule has 28 heavy (non-hydrogen) atoms. The zero-order chi connectivity index (χ0) is 19.6. The molecule has 5 heteroatoms. The zero-order valence-electron chi connectivity index (χ0n) is 15.2. The molecule has 0 radical (unpaired) electrons. The van der Waals surface area contributed by atoms with Gasteiger partial charge in [0.25, 0.3) is 5.91 Å². The van der Waals surface area contributed by atoms with Crippen LogP contribution in [0.3, 0.4) is 0 Å². The molecule has 0 saturated carbocycles. The number of carbonyl (C=O) groups excluding carboxylic acids is 2. The second-order valence-electron chi connectivity index (χ2n) is 5.96. The van der Waals surface area contributed by atoms with E-state index in [1.165, 1.54) is 6.08 Å². The average Bonchev–Trinajstić information content (AvgIpc) is 2.72. The molecular weight excluding hydrogens is 352 g/mol. The average molecular weight is 372 g/mol. The van der Waals surface area contributed by atoms with Crippen LogP contribution in [0.25, 0.3) is 6.08 Å². The van der Waals surface area contributed by atoms with Crippen LogP contribution < -0.4 is 15.4 Å². The van der Waals surface area contributed by atoms with Crippen LogP contribution in [0.15, 0.2) is 91.0 Å². The summed E-state index contributed by atoms with van der Waals surface area (Å²) in [5.41, 5.74) is 2.10. The molecule has 140 valence electrons. The van der Waals surface area contributed by atoms with Crippen molar-refractivity contribution < 1.29 is 14.3 Å². The van der Waals surface area contributed by atoms with Crippen molar-refractivity contribution in [1.29, 1.82) is 0 Å². The molecule has 0 aliphatic heterocycles. The van der Waals surface area contributed by atoms with Gasteiger partial charge >= 0.3 is 0 Å². The SMILES string of the molecule is O=C(/C=C/c1ccccc1)Nc1cccc(NC(=O)COc2ccccc2)c1. The molecule has 0 unspecified atom stereocenters. The van der Waals surface area contributed by atoms with Crippen molar-refractivity contribution in [1.82, 2.24) is 0 Å². The highest BCUT2D eigenvalue weighted by atomic mass is 16.5. The first kappa shape index (κ1) is 18.9. The zero-order valence-corrected chi connectivity index (χ0v) is 15.2. The quantitative estimate of drug-likeness (QED) is 0.606. The van der Waals surface area contributed by atoms with Gasteiger partial charge in [-0.15, -0.1) is 0 Å². The molecule has 3 aromatic rings. The Bertz CT molecular complexity index is 954. The largest absolute Gasteiger partial charge is 0.484 e. The highest BCUT2D eigenvalue weighted by Gasteiger charge is 2.05. The summed E-state index contributed by atoms with van der Waals surface area (Å²) in [6, 6.07) is 25.6. The Labute approximate surface area is 163 Å². The Kier molecular flexibility index (Phi) is 6.57. The summed E-state index contributed by atoms with van der Waals surface area (Å²) < 4.78 is 5.42. The van der Waals surface area contributed by atoms with Gasteiger partial charge < -0.3 is 15.4 Å². The predicted octanol–water partition coefficient (Wildman–Crippen LogP) is 4.36. The molecule has 0 aliphatic rings. The maximum Gasteiger partial charge on any atom is 0.262 e. The van der Waals surface area contributed by atoms with Crippen LogP contribution in [0.4, 0.5) is 11.4 Å². The molecule has 0 saturated heterocycles. The molecule has 0 spiro atoms. The second kappa shape index (κ2) is 9.73. The topological polar surface area (TPSA) is 67.4 Å². The van der Waals surface area contributed by atoms with E-state index in [1.807, 2.05) is 48.5 Å². The molecular formula is C23H20N2O3. The van der Waals surface area contributed by atoms with Crippen molar-refractivity contribution >= 4 is 29.3 Å². The summed E-state index contributed by atoms with van der Waals surface area (Å²) in [6.07, 6.45) is 3.20. The number of hydrogen-bond acceptors (Lipinski definition) is 3. The third kappa shape index (κ3) is 6.14. The molecule has 0 atom stereocenters. The maximum absolute atomic E-state index is 12.1. The third-order valence-electron chi connectivity index (χ3n) is 3.75. The van der Waals surface area contributed by atoms with Gasteiger partial charge in [0.1, 0.15) is 5.75 Å². The van der Waals surface area contributed by atoms with Gasteiger partial charge in [-0.05, 0) is 42.0 Å². The molecule has 3 rings (SSSR count). The van der Waals surface area contributed by atoms with Crippen molar-refractivity contribution in [3.63, 3.8) is 0 Å². The minimum atomic E-state index is -0.281. The van der Waals surface area contributed by atoms with Gasteiger partial charge in [-0.2, -0.15) is 0 Å². The van der Waals surface area contributed by atoms with Crippen molar-refractivity contribution in [3.05, 3.63) is 96.6 Å². The second-order valence-corrected chi connectivity index (χ2v) is 5.96. The van der Waals surface area contributed by atoms with E-state index in [4.69, 9.17) is 4.74 Å². The predicted molar refractivity (Wildman–Crippen MR) is 111 cm³/mol. The fourth-order valence-electron chi connectivity index (χ4n) is 2.46. The third-order valence-corrected chi connectivity index (χ3v) is 3.75. The van der Waals surface area contributed by atoms with Crippen LogP contribution in [0, 0.1) is 0 Å². The number of para-hydroxylation sites is 1. The molecule has 0 heterocycles. The van der Waals surface area contributed by atoms with Crippen LogP contribution in [0.5, 0.6) is 5.75 Å². The fourth-order valence-corrected chi connectivity index (χ4v) is 2.46. The Morgan fingerprint density at radius 2 is 1.43 bits per heavy atom. The van der Waals surface area contributed by atoms with Crippen LogP contribution in [-0.4, -0.2) is 18.4 Å². The van der Waals surface area contributed by atoms with E-state index < -0.39 is 0 Å². The normalized spacial score (nSPS) is 10.4. The molecule has 2 amide bonds. The number of benzene rings is 3. The summed E-state index contributed by atoms with van der Waals surface area (Å²) in [5.74, 6) is 0.0971. The highest BCUT2D eigenvalue weighted by molar-refractivity contribution is 6.02. The first-order valence-electron chi connectivity index (χ1n) is 8.81. The molecule has 3 aromatic carbocycles. The Hall–Kier alpha value is -3.86. The van der Waals surface area contributed by atoms with Gasteiger partial charge in [0.2, 0.25) is 5.91 Å². The molecule has 0 aliphatic carbocycles. The van der Waals surface area contributed by atoms with Gasteiger partial charge in [-0.3, -0.25) is 9.59 Å². The summed E-state index contributed by atoms with van der Waals surface area (Å²) >= 11 is 0. The van der Waals surface area contributed by atoms with Gasteiger partial charge in [0, 0.05) is 17.5 Å². The number of nitrogens with one attached hydrogen (secondary N) is 2.